The van der Waals surface area contributed by atoms with Crippen molar-refractivity contribution in [2.45, 2.75) is 37.6 Å². The van der Waals surface area contributed by atoms with Gasteiger partial charge in [0.15, 0.2) is 0 Å². The minimum absolute atomic E-state index is 0.0881. The number of hydrogen-bond acceptors (Lipinski definition) is 1. The molecule has 1 aliphatic rings. The molecule has 3 heteroatoms. The molecule has 82 valence electrons. The topological polar surface area (TPSA) is 26.0 Å². The zero-order chi connectivity index (χ0) is 11.3. The second-order valence-electron chi connectivity index (χ2n) is 4.93. The first-order valence-electron chi connectivity index (χ1n) is 5.11. The zero-order valence-electron chi connectivity index (χ0n) is 8.98. The summed E-state index contributed by atoms with van der Waals surface area (Å²) in [4.78, 5) is 0. The van der Waals surface area contributed by atoms with Crippen LogP contribution in [0.15, 0.2) is 22.7 Å². The van der Waals surface area contributed by atoms with Crippen molar-refractivity contribution in [3.05, 3.63) is 33.3 Å². The molecule has 0 unspecified atom stereocenters. The van der Waals surface area contributed by atoms with Crippen LogP contribution in [0.3, 0.4) is 0 Å². The molecule has 0 amide bonds. The quantitative estimate of drug-likeness (QED) is 0.878. The predicted molar refractivity (Wildman–Crippen MR) is 68.3 cm³/mol. The van der Waals surface area contributed by atoms with Gasteiger partial charge in [-0.05, 0) is 44.4 Å². The van der Waals surface area contributed by atoms with Crippen molar-refractivity contribution in [2.24, 2.45) is 5.73 Å². The number of nitrogens with two attached hydrogens (primary N) is 1. The average Bonchev–Trinajstić information content (AvgIpc) is 2.83. The maximum Gasteiger partial charge on any atom is 0.0455 e. The highest BCUT2D eigenvalue weighted by Gasteiger charge is 2.54. The third-order valence-corrected chi connectivity index (χ3v) is 4.24. The van der Waals surface area contributed by atoms with Crippen molar-refractivity contribution in [2.75, 3.05) is 0 Å². The Balaban J connectivity index is 2.47. The van der Waals surface area contributed by atoms with Gasteiger partial charge in [-0.3, -0.25) is 0 Å². The summed E-state index contributed by atoms with van der Waals surface area (Å²) in [6, 6.07) is 6.07. The fourth-order valence-electron chi connectivity index (χ4n) is 2.26. The van der Waals surface area contributed by atoms with E-state index in [2.05, 4.69) is 35.8 Å². The zero-order valence-corrected chi connectivity index (χ0v) is 11.3. The second-order valence-corrected chi connectivity index (χ2v) is 6.25. The lowest BCUT2D eigenvalue weighted by Gasteiger charge is -2.32. The Hall–Kier alpha value is -0.0500. The SMILES string of the molecule is CC(C)(N)C1(c2ccc(Br)cc2Cl)CC1. The Bertz CT molecular complexity index is 391. The number of hydrogen-bond donors (Lipinski definition) is 1. The van der Waals surface area contributed by atoms with Crippen LogP contribution in [0.1, 0.15) is 32.3 Å². The normalized spacial score (nSPS) is 19.0. The summed E-state index contributed by atoms with van der Waals surface area (Å²) in [5.41, 5.74) is 7.32. The van der Waals surface area contributed by atoms with E-state index in [9.17, 15) is 0 Å². The molecule has 0 aliphatic heterocycles. The summed E-state index contributed by atoms with van der Waals surface area (Å²) in [5.74, 6) is 0. The molecule has 15 heavy (non-hydrogen) atoms. The van der Waals surface area contributed by atoms with Gasteiger partial charge in [0.05, 0.1) is 0 Å². The summed E-state index contributed by atoms with van der Waals surface area (Å²) in [5, 5.41) is 0.820. The van der Waals surface area contributed by atoms with Crippen LogP contribution in [-0.2, 0) is 5.41 Å². The van der Waals surface area contributed by atoms with Crippen molar-refractivity contribution in [3.63, 3.8) is 0 Å². The van der Waals surface area contributed by atoms with E-state index >= 15 is 0 Å². The highest BCUT2D eigenvalue weighted by Crippen LogP contribution is 2.56. The van der Waals surface area contributed by atoms with Crippen molar-refractivity contribution in [1.29, 1.82) is 0 Å². The number of benzene rings is 1. The molecule has 0 heterocycles. The molecule has 0 spiro atoms. The van der Waals surface area contributed by atoms with E-state index in [0.717, 1.165) is 22.3 Å². The summed E-state index contributed by atoms with van der Waals surface area (Å²) >= 11 is 9.69. The van der Waals surface area contributed by atoms with E-state index in [4.69, 9.17) is 17.3 Å². The van der Waals surface area contributed by atoms with Gasteiger partial charge in [-0.2, -0.15) is 0 Å². The van der Waals surface area contributed by atoms with Crippen LogP contribution < -0.4 is 5.73 Å². The van der Waals surface area contributed by atoms with Gasteiger partial charge in [0.2, 0.25) is 0 Å². The lowest BCUT2D eigenvalue weighted by atomic mass is 9.79. The van der Waals surface area contributed by atoms with Crippen LogP contribution in [0.5, 0.6) is 0 Å². The van der Waals surface area contributed by atoms with E-state index in [0.29, 0.717) is 0 Å². The fraction of sp³-hybridized carbons (Fsp3) is 0.500. The first-order valence-corrected chi connectivity index (χ1v) is 6.28. The molecular weight excluding hydrogens is 273 g/mol. The van der Waals surface area contributed by atoms with Crippen LogP contribution in [0.4, 0.5) is 0 Å². The van der Waals surface area contributed by atoms with Gasteiger partial charge < -0.3 is 5.73 Å². The van der Waals surface area contributed by atoms with Gasteiger partial charge in [-0.1, -0.05) is 33.6 Å². The van der Waals surface area contributed by atoms with Crippen LogP contribution in [0.25, 0.3) is 0 Å². The molecule has 0 atom stereocenters. The Morgan fingerprint density at radius 2 is 2.00 bits per heavy atom. The maximum absolute atomic E-state index is 6.27. The van der Waals surface area contributed by atoms with Crippen molar-refractivity contribution < 1.29 is 0 Å². The molecule has 0 bridgehead atoms. The average molecular weight is 289 g/mol. The van der Waals surface area contributed by atoms with Gasteiger partial charge >= 0.3 is 0 Å². The van der Waals surface area contributed by atoms with Gasteiger partial charge in [0.1, 0.15) is 0 Å². The molecule has 0 aromatic heterocycles. The van der Waals surface area contributed by atoms with Crippen LogP contribution in [0.2, 0.25) is 5.02 Å². The van der Waals surface area contributed by atoms with Gasteiger partial charge in [-0.25, -0.2) is 0 Å². The standard InChI is InChI=1S/C12H15BrClN/c1-11(2,15)12(5-6-12)9-4-3-8(13)7-10(9)14/h3-4,7H,5-6,15H2,1-2H3. The predicted octanol–water partition coefficient (Wildman–Crippen LogP) is 3.87. The fourth-order valence-corrected chi connectivity index (χ4v) is 3.12. The van der Waals surface area contributed by atoms with Crippen LogP contribution >= 0.6 is 27.5 Å². The molecule has 0 radical (unpaired) electrons. The van der Waals surface area contributed by atoms with Gasteiger partial charge in [0.25, 0.3) is 0 Å². The molecule has 1 aromatic carbocycles. The molecule has 0 saturated heterocycles. The molecule has 1 saturated carbocycles. The van der Waals surface area contributed by atoms with E-state index < -0.39 is 0 Å². The first-order chi connectivity index (χ1) is 6.87. The van der Waals surface area contributed by atoms with Gasteiger partial charge in [-0.15, -0.1) is 0 Å². The third kappa shape index (κ3) is 1.83. The largest absolute Gasteiger partial charge is 0.325 e. The van der Waals surface area contributed by atoms with E-state index in [1.54, 1.807) is 0 Å². The van der Waals surface area contributed by atoms with Crippen LogP contribution in [0, 0.1) is 0 Å². The molecule has 2 rings (SSSR count). The molecule has 1 fully saturated rings. The smallest absolute Gasteiger partial charge is 0.0455 e. The number of halogens is 2. The molecule has 1 aromatic rings. The maximum atomic E-state index is 6.27. The van der Waals surface area contributed by atoms with E-state index in [1.165, 1.54) is 5.56 Å². The summed E-state index contributed by atoms with van der Waals surface area (Å²) in [6.45, 7) is 4.16. The molecule has 2 N–H and O–H groups in total. The Kier molecular flexibility index (Phi) is 2.65. The Labute approximate surface area is 104 Å². The van der Waals surface area contributed by atoms with Crippen molar-refractivity contribution in [1.82, 2.24) is 0 Å². The summed E-state index contributed by atoms with van der Waals surface area (Å²) < 4.78 is 1.02. The minimum Gasteiger partial charge on any atom is -0.325 e. The first kappa shape index (κ1) is 11.4. The van der Waals surface area contributed by atoms with Crippen LogP contribution in [-0.4, -0.2) is 5.54 Å². The van der Waals surface area contributed by atoms with E-state index in [-0.39, 0.29) is 11.0 Å². The van der Waals surface area contributed by atoms with Gasteiger partial charge in [0, 0.05) is 20.4 Å². The number of rotatable bonds is 2. The second kappa shape index (κ2) is 3.47. The Morgan fingerprint density at radius 3 is 2.40 bits per heavy atom. The lowest BCUT2D eigenvalue weighted by molar-refractivity contribution is 0.391. The highest BCUT2D eigenvalue weighted by molar-refractivity contribution is 9.10. The Morgan fingerprint density at radius 1 is 1.40 bits per heavy atom. The summed E-state index contributed by atoms with van der Waals surface area (Å²) in [7, 11) is 0. The lowest BCUT2D eigenvalue weighted by Crippen LogP contribution is -2.45. The van der Waals surface area contributed by atoms with E-state index in [1.807, 2.05) is 12.1 Å². The van der Waals surface area contributed by atoms with Crippen molar-refractivity contribution >= 4 is 27.5 Å². The molecule has 1 nitrogen and oxygen atoms in total. The third-order valence-electron chi connectivity index (χ3n) is 3.43. The molecular formula is C12H15BrClN. The van der Waals surface area contributed by atoms with Crippen molar-refractivity contribution in [3.8, 4) is 0 Å². The highest BCUT2D eigenvalue weighted by atomic mass is 79.9. The molecule has 1 aliphatic carbocycles. The monoisotopic (exact) mass is 287 g/mol. The summed E-state index contributed by atoms with van der Waals surface area (Å²) in [6.07, 6.45) is 2.27. The minimum atomic E-state index is -0.204.